The molecule has 0 bridgehead atoms. The lowest BCUT2D eigenvalue weighted by Crippen LogP contribution is -2.50. The van der Waals surface area contributed by atoms with Crippen molar-refractivity contribution >= 4 is 50.9 Å². The van der Waals surface area contributed by atoms with Crippen LogP contribution < -0.4 is 10.1 Å². The number of carbonyl (C=O) groups is 2. The third-order valence-electron chi connectivity index (χ3n) is 4.71. The van der Waals surface area contributed by atoms with Crippen LogP contribution in [-0.2, 0) is 16.1 Å². The third-order valence-corrected chi connectivity index (χ3v) is 5.87. The average Bonchev–Trinajstić information content (AvgIpc) is 2.71. The van der Waals surface area contributed by atoms with E-state index in [4.69, 9.17) is 27.9 Å². The van der Waals surface area contributed by atoms with Crippen molar-refractivity contribution in [3.8, 4) is 5.75 Å². The molecule has 0 saturated carbocycles. The zero-order chi connectivity index (χ0) is 22.3. The first kappa shape index (κ1) is 24.5. The van der Waals surface area contributed by atoms with Crippen molar-refractivity contribution in [1.82, 2.24) is 10.2 Å². The molecule has 2 amide bonds. The summed E-state index contributed by atoms with van der Waals surface area (Å²) in [6, 6.07) is 11.7. The summed E-state index contributed by atoms with van der Waals surface area (Å²) in [6.07, 6.45) is 0.794. The van der Waals surface area contributed by atoms with Crippen molar-refractivity contribution in [1.29, 1.82) is 0 Å². The molecule has 8 heteroatoms. The van der Waals surface area contributed by atoms with Crippen LogP contribution >= 0.6 is 39.1 Å². The molecule has 30 heavy (non-hydrogen) atoms. The first-order chi connectivity index (χ1) is 14.2. The first-order valence-corrected chi connectivity index (χ1v) is 11.2. The second-order valence-electron chi connectivity index (χ2n) is 6.97. The molecule has 2 rings (SSSR count). The van der Waals surface area contributed by atoms with E-state index >= 15 is 0 Å². The van der Waals surface area contributed by atoms with Crippen LogP contribution in [-0.4, -0.2) is 35.4 Å². The third kappa shape index (κ3) is 6.89. The van der Waals surface area contributed by atoms with E-state index in [0.717, 1.165) is 16.5 Å². The van der Waals surface area contributed by atoms with Crippen LogP contribution in [0.2, 0.25) is 10.0 Å². The Bertz CT molecular complexity index is 894. The molecule has 5 nitrogen and oxygen atoms in total. The molecule has 162 valence electrons. The minimum atomic E-state index is -0.702. The fraction of sp³-hybridized carbons (Fsp3) is 0.364. The lowest BCUT2D eigenvalue weighted by Gasteiger charge is -2.30. The van der Waals surface area contributed by atoms with Crippen molar-refractivity contribution in [2.45, 2.75) is 45.8 Å². The summed E-state index contributed by atoms with van der Waals surface area (Å²) in [5.41, 5.74) is 0.748. The molecule has 0 aliphatic rings. The van der Waals surface area contributed by atoms with Gasteiger partial charge in [-0.25, -0.2) is 0 Å². The summed E-state index contributed by atoms with van der Waals surface area (Å²) in [7, 11) is 0. The van der Waals surface area contributed by atoms with Gasteiger partial charge in [-0.2, -0.15) is 0 Å². The van der Waals surface area contributed by atoms with Crippen molar-refractivity contribution in [3.63, 3.8) is 0 Å². The van der Waals surface area contributed by atoms with Crippen LogP contribution in [0, 0.1) is 0 Å². The highest BCUT2D eigenvalue weighted by atomic mass is 79.9. The van der Waals surface area contributed by atoms with Crippen molar-refractivity contribution in [2.24, 2.45) is 0 Å². The molecule has 0 fully saturated rings. The van der Waals surface area contributed by atoms with Crippen LogP contribution in [0.25, 0.3) is 0 Å². The van der Waals surface area contributed by atoms with Gasteiger partial charge in [0.1, 0.15) is 11.8 Å². The number of halogens is 3. The Kier molecular flexibility index (Phi) is 9.46. The number of nitrogens with zero attached hydrogens (tertiary/aromatic N) is 1. The molecular weight excluding hydrogens is 491 g/mol. The number of ether oxygens (including phenoxy) is 1. The predicted octanol–water partition coefficient (Wildman–Crippen LogP) is 5.47. The van der Waals surface area contributed by atoms with Gasteiger partial charge in [0, 0.05) is 22.1 Å². The number of amides is 2. The second-order valence-corrected chi connectivity index (χ2v) is 8.70. The summed E-state index contributed by atoms with van der Waals surface area (Å²) in [4.78, 5) is 27.2. The molecule has 0 radical (unpaired) electrons. The molecule has 0 saturated heterocycles. The van der Waals surface area contributed by atoms with Gasteiger partial charge in [0.25, 0.3) is 5.91 Å². The van der Waals surface area contributed by atoms with E-state index in [1.165, 1.54) is 4.90 Å². The van der Waals surface area contributed by atoms with E-state index in [9.17, 15) is 9.59 Å². The zero-order valence-corrected chi connectivity index (χ0v) is 20.2. The molecule has 2 aromatic carbocycles. The lowest BCUT2D eigenvalue weighted by molar-refractivity contribution is -0.142. The Morgan fingerprint density at radius 2 is 1.83 bits per heavy atom. The summed E-state index contributed by atoms with van der Waals surface area (Å²) in [5.74, 6) is -0.185. The van der Waals surface area contributed by atoms with Crippen LogP contribution in [0.15, 0.2) is 46.9 Å². The normalized spacial score (nSPS) is 12.7. The maximum absolute atomic E-state index is 13.0. The van der Waals surface area contributed by atoms with Gasteiger partial charge >= 0.3 is 0 Å². The summed E-state index contributed by atoms with van der Waals surface area (Å²) >= 11 is 15.8. The molecule has 2 atom stereocenters. The van der Waals surface area contributed by atoms with Gasteiger partial charge in [-0.3, -0.25) is 9.59 Å². The Morgan fingerprint density at radius 1 is 1.13 bits per heavy atom. The van der Waals surface area contributed by atoms with Crippen LogP contribution in [0.3, 0.4) is 0 Å². The molecule has 0 aliphatic heterocycles. The Balaban J connectivity index is 2.19. The fourth-order valence-electron chi connectivity index (χ4n) is 2.67. The van der Waals surface area contributed by atoms with E-state index in [2.05, 4.69) is 21.2 Å². The van der Waals surface area contributed by atoms with Crippen molar-refractivity contribution in [3.05, 3.63) is 62.5 Å². The van der Waals surface area contributed by atoms with E-state index in [-0.39, 0.29) is 31.0 Å². The minimum Gasteiger partial charge on any atom is -0.482 e. The van der Waals surface area contributed by atoms with Crippen LogP contribution in [0.1, 0.15) is 32.8 Å². The van der Waals surface area contributed by atoms with E-state index in [1.54, 1.807) is 31.2 Å². The SMILES string of the molecule is CC[C@@H](C)NC(=O)[C@H](C)N(Cc1ccccc1Cl)C(=O)COc1ccc(Br)cc1Cl. The van der Waals surface area contributed by atoms with Gasteiger partial charge in [-0.1, -0.05) is 64.3 Å². The number of carbonyl (C=O) groups excluding carboxylic acids is 2. The highest BCUT2D eigenvalue weighted by Gasteiger charge is 2.27. The average molecular weight is 516 g/mol. The van der Waals surface area contributed by atoms with Crippen LogP contribution in [0.5, 0.6) is 5.75 Å². The highest BCUT2D eigenvalue weighted by molar-refractivity contribution is 9.10. The molecule has 0 unspecified atom stereocenters. The summed E-state index contributed by atoms with van der Waals surface area (Å²) < 4.78 is 6.43. The van der Waals surface area contributed by atoms with Gasteiger partial charge < -0.3 is 15.0 Å². The van der Waals surface area contributed by atoms with Gasteiger partial charge in [0.15, 0.2) is 6.61 Å². The number of nitrogens with one attached hydrogen (secondary N) is 1. The fourth-order valence-corrected chi connectivity index (χ4v) is 3.60. The topological polar surface area (TPSA) is 58.6 Å². The quantitative estimate of drug-likeness (QED) is 0.482. The molecule has 0 spiro atoms. The zero-order valence-electron chi connectivity index (χ0n) is 17.1. The number of benzene rings is 2. The molecule has 0 aromatic heterocycles. The monoisotopic (exact) mass is 514 g/mol. The van der Waals surface area contributed by atoms with Crippen LogP contribution in [0.4, 0.5) is 0 Å². The van der Waals surface area contributed by atoms with Gasteiger partial charge in [-0.15, -0.1) is 0 Å². The Labute approximate surface area is 195 Å². The van der Waals surface area contributed by atoms with E-state index in [0.29, 0.717) is 15.8 Å². The van der Waals surface area contributed by atoms with Gasteiger partial charge in [0.05, 0.1) is 5.02 Å². The van der Waals surface area contributed by atoms with E-state index in [1.807, 2.05) is 32.0 Å². The standard InChI is InChI=1S/C22H25BrCl2N2O3/c1-4-14(2)26-22(29)15(3)27(12-16-7-5-6-8-18(16)24)21(28)13-30-20-10-9-17(23)11-19(20)25/h5-11,14-15H,4,12-13H2,1-3H3,(H,26,29)/t14-,15+/m1/s1. The predicted molar refractivity (Wildman–Crippen MR) is 124 cm³/mol. The number of hydrogen-bond acceptors (Lipinski definition) is 3. The highest BCUT2D eigenvalue weighted by Crippen LogP contribution is 2.28. The Morgan fingerprint density at radius 3 is 2.47 bits per heavy atom. The number of rotatable bonds is 9. The largest absolute Gasteiger partial charge is 0.482 e. The van der Waals surface area contributed by atoms with E-state index < -0.39 is 6.04 Å². The van der Waals surface area contributed by atoms with Gasteiger partial charge in [0.2, 0.25) is 5.91 Å². The summed E-state index contributed by atoms with van der Waals surface area (Å²) in [5, 5.41) is 3.84. The van der Waals surface area contributed by atoms with Gasteiger partial charge in [-0.05, 0) is 50.1 Å². The lowest BCUT2D eigenvalue weighted by atomic mass is 10.1. The minimum absolute atomic E-state index is 0.00929. The molecule has 1 N–H and O–H groups in total. The molecular formula is C22H25BrCl2N2O3. The molecule has 0 heterocycles. The second kappa shape index (κ2) is 11.6. The summed E-state index contributed by atoms with van der Waals surface area (Å²) in [6.45, 7) is 5.53. The smallest absolute Gasteiger partial charge is 0.261 e. The maximum atomic E-state index is 13.0. The molecule has 0 aliphatic carbocycles. The maximum Gasteiger partial charge on any atom is 0.261 e. The van der Waals surface area contributed by atoms with Crippen molar-refractivity contribution in [2.75, 3.05) is 6.61 Å². The first-order valence-electron chi connectivity index (χ1n) is 9.64. The number of hydrogen-bond donors (Lipinski definition) is 1. The Hall–Kier alpha value is -1.76. The molecule has 2 aromatic rings. The van der Waals surface area contributed by atoms with Crippen molar-refractivity contribution < 1.29 is 14.3 Å².